The van der Waals surface area contributed by atoms with Crippen LogP contribution >= 0.6 is 0 Å². The highest BCUT2D eigenvalue weighted by atomic mass is 32.2. The first-order valence-electron chi connectivity index (χ1n) is 19.8. The molecule has 0 saturated carbocycles. The minimum atomic E-state index is -3.56. The Hall–Kier alpha value is -3.62. The van der Waals surface area contributed by atoms with Gasteiger partial charge in [0.05, 0.1) is 21.2 Å². The molecule has 0 bridgehead atoms. The molecule has 0 heterocycles. The van der Waals surface area contributed by atoms with E-state index >= 15 is 0 Å². The lowest BCUT2D eigenvalue weighted by Gasteiger charge is -2.24. The first-order chi connectivity index (χ1) is 25.4. The molecule has 308 valence electrons. The van der Waals surface area contributed by atoms with Gasteiger partial charge < -0.3 is 0 Å². The number of benzene rings is 4. The molecule has 0 aliphatic carbocycles. The minimum absolute atomic E-state index is 0.137. The molecule has 0 unspecified atom stereocenters. The van der Waals surface area contributed by atoms with E-state index in [1.807, 2.05) is 133 Å². The maximum Gasteiger partial charge on any atom is 0.261 e. The van der Waals surface area contributed by atoms with Crippen LogP contribution in [0.4, 0.5) is 11.4 Å². The van der Waals surface area contributed by atoms with Gasteiger partial charge in [-0.25, -0.2) is 16.8 Å². The minimum Gasteiger partial charge on any atom is -0.279 e. The third-order valence-electron chi connectivity index (χ3n) is 6.56. The molecule has 0 aliphatic rings. The van der Waals surface area contributed by atoms with E-state index in [1.54, 1.807) is 60.7 Å². The van der Waals surface area contributed by atoms with E-state index in [2.05, 4.69) is 51.0 Å². The predicted molar refractivity (Wildman–Crippen MR) is 242 cm³/mol. The van der Waals surface area contributed by atoms with Gasteiger partial charge in [-0.2, -0.15) is 0 Å². The van der Waals surface area contributed by atoms with E-state index < -0.39 is 20.0 Å². The summed E-state index contributed by atoms with van der Waals surface area (Å²) in [5, 5.41) is 0. The first kappa shape index (κ1) is 57.1. The molecule has 0 radical (unpaired) electrons. The number of nitrogens with one attached hydrogen (secondary N) is 2. The van der Waals surface area contributed by atoms with Crippen LogP contribution in [-0.4, -0.2) is 16.8 Å². The summed E-state index contributed by atoms with van der Waals surface area (Å²) in [7, 11) is -7.12. The zero-order chi connectivity index (χ0) is 43.3. The summed E-state index contributed by atoms with van der Waals surface area (Å²) in [5.74, 6) is 0. The lowest BCUT2D eigenvalue weighted by molar-refractivity contribution is 0.588. The molecule has 0 atom stereocenters. The largest absolute Gasteiger partial charge is 0.279 e. The molecule has 0 aliphatic heterocycles. The number of rotatable bonds is 6. The molecular weight excluding hydrogens is 709 g/mol. The van der Waals surface area contributed by atoms with Gasteiger partial charge in [-0.15, -0.1) is 0 Å². The summed E-state index contributed by atoms with van der Waals surface area (Å²) in [6.45, 7) is 40.4. The van der Waals surface area contributed by atoms with Gasteiger partial charge in [0.25, 0.3) is 20.0 Å². The van der Waals surface area contributed by atoms with Crippen LogP contribution in [0, 0.1) is 13.8 Å². The van der Waals surface area contributed by atoms with Gasteiger partial charge in [0.2, 0.25) is 0 Å². The van der Waals surface area contributed by atoms with Crippen molar-refractivity contribution in [3.63, 3.8) is 0 Å². The molecule has 4 aromatic rings. The van der Waals surface area contributed by atoms with E-state index in [4.69, 9.17) is 0 Å². The van der Waals surface area contributed by atoms with Crippen LogP contribution in [0.25, 0.3) is 0 Å². The van der Waals surface area contributed by atoms with Gasteiger partial charge in [0, 0.05) is 0 Å². The Morgan fingerprint density at radius 1 is 0.389 bits per heavy atom. The normalized spacial score (nSPS) is 10.1. The third-order valence-corrected chi connectivity index (χ3v) is 9.32. The average Bonchev–Trinajstić information content (AvgIpc) is 3.17. The molecule has 2 N–H and O–H groups in total. The summed E-state index contributed by atoms with van der Waals surface area (Å²) in [5.41, 5.74) is 5.11. The third kappa shape index (κ3) is 20.7. The zero-order valence-corrected chi connectivity index (χ0v) is 39.3. The molecule has 0 fully saturated rings. The molecule has 0 amide bonds. The van der Waals surface area contributed by atoms with E-state index in [0.717, 1.165) is 22.3 Å². The highest BCUT2D eigenvalue weighted by molar-refractivity contribution is 7.93. The van der Waals surface area contributed by atoms with Crippen LogP contribution in [0.1, 0.15) is 147 Å². The van der Waals surface area contributed by atoms with Gasteiger partial charge in [0.15, 0.2) is 0 Å². The fraction of sp³-hybridized carbons (Fsp3) is 0.478. The van der Waals surface area contributed by atoms with Crippen molar-refractivity contribution in [1.82, 2.24) is 0 Å². The van der Waals surface area contributed by atoms with Crippen LogP contribution in [0.15, 0.2) is 107 Å². The van der Waals surface area contributed by atoms with Crippen molar-refractivity contribution in [3.05, 3.63) is 119 Å². The highest BCUT2D eigenvalue weighted by Gasteiger charge is 2.23. The summed E-state index contributed by atoms with van der Waals surface area (Å²) in [6.07, 6.45) is 0. The van der Waals surface area contributed by atoms with E-state index in [0.29, 0.717) is 11.4 Å². The van der Waals surface area contributed by atoms with E-state index in [-0.39, 0.29) is 20.6 Å². The molecule has 54 heavy (non-hydrogen) atoms. The Bertz CT molecular complexity index is 1720. The van der Waals surface area contributed by atoms with Crippen LogP contribution in [-0.2, 0) is 30.9 Å². The number of anilines is 2. The highest BCUT2D eigenvalue weighted by Crippen LogP contribution is 2.33. The summed E-state index contributed by atoms with van der Waals surface area (Å²) in [6, 6.07) is 28.5. The summed E-state index contributed by atoms with van der Waals surface area (Å²) < 4.78 is 55.3. The van der Waals surface area contributed by atoms with Gasteiger partial charge in [-0.3, -0.25) is 9.44 Å². The topological polar surface area (TPSA) is 92.3 Å². The number of sulfonamides is 2. The zero-order valence-electron chi connectivity index (χ0n) is 37.7. The Kier molecular flexibility index (Phi) is 31.4. The van der Waals surface area contributed by atoms with Gasteiger partial charge in [-0.05, 0) is 77.8 Å². The van der Waals surface area contributed by atoms with Crippen molar-refractivity contribution in [2.75, 3.05) is 9.44 Å². The molecule has 0 spiro atoms. The Balaban J connectivity index is -0.000000362. The number of hydrogen-bond donors (Lipinski definition) is 2. The molecule has 4 aromatic carbocycles. The van der Waals surface area contributed by atoms with Crippen molar-refractivity contribution in [1.29, 1.82) is 0 Å². The Labute approximate surface area is 334 Å². The molecule has 8 heteroatoms. The van der Waals surface area contributed by atoms with Crippen LogP contribution in [0.2, 0.25) is 0 Å². The van der Waals surface area contributed by atoms with Crippen LogP contribution < -0.4 is 9.44 Å². The number of aryl methyl sites for hydroxylation is 2. The van der Waals surface area contributed by atoms with Gasteiger partial charge in [-0.1, -0.05) is 191 Å². The lowest BCUT2D eigenvalue weighted by Crippen LogP contribution is -2.19. The fourth-order valence-corrected chi connectivity index (χ4v) is 6.56. The van der Waals surface area contributed by atoms with E-state index in [9.17, 15) is 16.8 Å². The second kappa shape index (κ2) is 29.7. The van der Waals surface area contributed by atoms with Crippen LogP contribution in [0.5, 0.6) is 0 Å². The first-order valence-corrected chi connectivity index (χ1v) is 22.7. The standard InChI is InChI=1S/2C17H21NO2S.6C2H6/c1-13-10-11-16(15(12-13)17(2,3)4)18-21(19,20)14-8-6-5-7-9-14;1-13-10-11-15(17(2,3)4)16(12-13)18-21(19,20)14-8-6-5-7-9-14;6*1-2/h2*5-12,18H,1-4H3;6*1-2H3. The second-order valence-electron chi connectivity index (χ2n) is 12.4. The van der Waals surface area contributed by atoms with Gasteiger partial charge >= 0.3 is 0 Å². The molecule has 4 rings (SSSR count). The van der Waals surface area contributed by atoms with Crippen LogP contribution in [0.3, 0.4) is 0 Å². The summed E-state index contributed by atoms with van der Waals surface area (Å²) >= 11 is 0. The van der Waals surface area contributed by atoms with Crippen molar-refractivity contribution < 1.29 is 16.8 Å². The molecular formula is C46H78N2O4S2. The smallest absolute Gasteiger partial charge is 0.261 e. The van der Waals surface area contributed by atoms with E-state index in [1.165, 1.54) is 0 Å². The summed E-state index contributed by atoms with van der Waals surface area (Å²) in [4.78, 5) is 0.539. The fourth-order valence-electron chi connectivity index (χ4n) is 4.37. The maximum atomic E-state index is 12.5. The Morgan fingerprint density at radius 3 is 1.06 bits per heavy atom. The molecule has 6 nitrogen and oxygen atoms in total. The van der Waals surface area contributed by atoms with Crippen molar-refractivity contribution in [2.24, 2.45) is 0 Å². The van der Waals surface area contributed by atoms with Gasteiger partial charge in [0.1, 0.15) is 0 Å². The predicted octanol–water partition coefficient (Wildman–Crippen LogP) is 14.3. The van der Waals surface area contributed by atoms with Crippen molar-refractivity contribution >= 4 is 31.4 Å². The second-order valence-corrected chi connectivity index (χ2v) is 15.8. The number of hydrogen-bond acceptors (Lipinski definition) is 4. The quantitative estimate of drug-likeness (QED) is 0.204. The monoisotopic (exact) mass is 787 g/mol. The van der Waals surface area contributed by atoms with Crippen molar-refractivity contribution in [3.8, 4) is 0 Å². The molecule has 0 aromatic heterocycles. The molecule has 0 saturated heterocycles. The maximum absolute atomic E-state index is 12.5. The lowest BCUT2D eigenvalue weighted by atomic mass is 9.85. The Morgan fingerprint density at radius 2 is 0.704 bits per heavy atom. The van der Waals surface area contributed by atoms with Crippen molar-refractivity contribution in [2.45, 2.75) is 159 Å². The average molecular weight is 787 g/mol. The SMILES string of the molecule is CC.CC.CC.CC.CC.CC.Cc1ccc(C(C)(C)C)c(NS(=O)(=O)c2ccccc2)c1.Cc1ccc(NS(=O)(=O)c2ccccc2)c(C(C)(C)C)c1.